The first-order valence-corrected chi connectivity index (χ1v) is 9.82. The van der Waals surface area contributed by atoms with Crippen LogP contribution in [0.3, 0.4) is 0 Å². The van der Waals surface area contributed by atoms with E-state index in [9.17, 15) is 8.42 Å². The molecular formula is C14H19N5O2S2. The van der Waals surface area contributed by atoms with E-state index < -0.39 is 10.0 Å². The third-order valence-corrected chi connectivity index (χ3v) is 6.55. The molecule has 0 bridgehead atoms. The van der Waals surface area contributed by atoms with Crippen LogP contribution in [0.2, 0.25) is 0 Å². The van der Waals surface area contributed by atoms with Gasteiger partial charge < -0.3 is 9.80 Å². The van der Waals surface area contributed by atoms with Crippen molar-refractivity contribution in [3.63, 3.8) is 0 Å². The fraction of sp³-hybridized carbons (Fsp3) is 0.429. The van der Waals surface area contributed by atoms with E-state index in [0.29, 0.717) is 0 Å². The van der Waals surface area contributed by atoms with Gasteiger partial charge in [-0.25, -0.2) is 8.42 Å². The van der Waals surface area contributed by atoms with Crippen molar-refractivity contribution < 1.29 is 8.42 Å². The Morgan fingerprint density at radius 1 is 1.17 bits per heavy atom. The van der Waals surface area contributed by atoms with Crippen LogP contribution in [0, 0.1) is 0 Å². The van der Waals surface area contributed by atoms with Crippen molar-refractivity contribution in [3.8, 4) is 0 Å². The maximum Gasteiger partial charge on any atom is 0.272 e. The number of aromatic nitrogens is 2. The van der Waals surface area contributed by atoms with Crippen LogP contribution in [0.15, 0.2) is 33.9 Å². The van der Waals surface area contributed by atoms with Gasteiger partial charge in [-0.2, -0.15) is 0 Å². The Balaban J connectivity index is 1.66. The lowest BCUT2D eigenvalue weighted by molar-refractivity contribution is 0.270. The van der Waals surface area contributed by atoms with Crippen LogP contribution in [0.5, 0.6) is 0 Å². The van der Waals surface area contributed by atoms with E-state index in [1.165, 1.54) is 11.3 Å². The van der Waals surface area contributed by atoms with Gasteiger partial charge >= 0.3 is 0 Å². The number of piperazine rings is 1. The Bertz CT molecular complexity index is 723. The van der Waals surface area contributed by atoms with Gasteiger partial charge in [-0.05, 0) is 30.1 Å². The molecule has 0 aliphatic carbocycles. The van der Waals surface area contributed by atoms with Crippen molar-refractivity contribution in [1.82, 2.24) is 15.1 Å². The molecule has 2 aromatic heterocycles. The van der Waals surface area contributed by atoms with Gasteiger partial charge in [0.1, 0.15) is 4.21 Å². The van der Waals surface area contributed by atoms with E-state index in [1.807, 2.05) is 0 Å². The normalized spacial score (nSPS) is 16.5. The molecule has 1 N–H and O–H groups in total. The first-order valence-electron chi connectivity index (χ1n) is 7.46. The van der Waals surface area contributed by atoms with E-state index in [4.69, 9.17) is 0 Å². The lowest BCUT2D eigenvalue weighted by Gasteiger charge is -2.34. The zero-order valence-electron chi connectivity index (χ0n) is 12.8. The summed E-state index contributed by atoms with van der Waals surface area (Å²) < 4.78 is 27.0. The van der Waals surface area contributed by atoms with Crippen LogP contribution in [-0.2, 0) is 10.0 Å². The van der Waals surface area contributed by atoms with Crippen LogP contribution in [-0.4, -0.2) is 56.2 Å². The molecule has 1 aliphatic heterocycles. The molecule has 1 aliphatic rings. The Labute approximate surface area is 140 Å². The quantitative estimate of drug-likeness (QED) is 0.877. The third-order valence-electron chi connectivity index (χ3n) is 3.79. The minimum atomic E-state index is -3.57. The highest BCUT2D eigenvalue weighted by Gasteiger charge is 2.19. The number of nitrogens with zero attached hydrogens (tertiary/aromatic N) is 4. The summed E-state index contributed by atoms with van der Waals surface area (Å²) in [5.74, 6) is 1.01. The van der Waals surface area contributed by atoms with Gasteiger partial charge in [0.25, 0.3) is 10.0 Å². The molecule has 0 radical (unpaired) electrons. The number of likely N-dealkylation sites (N-methyl/N-ethyl adjacent to an activating group) is 1. The van der Waals surface area contributed by atoms with Crippen LogP contribution in [0.1, 0.15) is 6.92 Å². The molecule has 124 valence electrons. The molecule has 3 rings (SSSR count). The standard InChI is InChI=1S/C14H19N5O2S2/c1-2-18-7-9-19(10-8-18)13-6-5-12(15-16-13)17-23(20,21)14-4-3-11-22-14/h3-6,11H,2,7-10H2,1H3,(H,15,17). The second-order valence-corrected chi connectivity index (χ2v) is 8.09. The van der Waals surface area contributed by atoms with Gasteiger partial charge in [0.05, 0.1) is 0 Å². The Morgan fingerprint density at radius 3 is 2.52 bits per heavy atom. The zero-order chi connectivity index (χ0) is 16.3. The highest BCUT2D eigenvalue weighted by Crippen LogP contribution is 2.20. The summed E-state index contributed by atoms with van der Waals surface area (Å²) in [6.07, 6.45) is 0. The molecule has 1 fully saturated rings. The van der Waals surface area contributed by atoms with Crippen LogP contribution >= 0.6 is 11.3 Å². The van der Waals surface area contributed by atoms with Crippen molar-refractivity contribution in [3.05, 3.63) is 29.6 Å². The smallest absolute Gasteiger partial charge is 0.272 e. The number of rotatable bonds is 5. The van der Waals surface area contributed by atoms with E-state index in [0.717, 1.165) is 38.5 Å². The summed E-state index contributed by atoms with van der Waals surface area (Å²) in [6, 6.07) is 6.71. The first kappa shape index (κ1) is 16.2. The second kappa shape index (κ2) is 6.81. The summed E-state index contributed by atoms with van der Waals surface area (Å²) in [7, 11) is -3.57. The average molecular weight is 353 g/mol. The van der Waals surface area contributed by atoms with E-state index in [-0.39, 0.29) is 10.0 Å². The second-order valence-electron chi connectivity index (χ2n) is 5.24. The van der Waals surface area contributed by atoms with Crippen molar-refractivity contribution in [2.45, 2.75) is 11.1 Å². The molecule has 23 heavy (non-hydrogen) atoms. The van der Waals surface area contributed by atoms with Crippen LogP contribution in [0.25, 0.3) is 0 Å². The molecule has 0 atom stereocenters. The molecule has 0 spiro atoms. The molecular weight excluding hydrogens is 334 g/mol. The van der Waals surface area contributed by atoms with Gasteiger partial charge in [0.15, 0.2) is 11.6 Å². The molecule has 0 saturated carbocycles. The van der Waals surface area contributed by atoms with Crippen molar-refractivity contribution in [2.24, 2.45) is 0 Å². The average Bonchev–Trinajstić information content (AvgIpc) is 3.11. The Hall–Kier alpha value is -1.71. The molecule has 0 unspecified atom stereocenters. The largest absolute Gasteiger partial charge is 0.353 e. The number of nitrogens with one attached hydrogen (secondary N) is 1. The molecule has 0 aromatic carbocycles. The summed E-state index contributed by atoms with van der Waals surface area (Å²) >= 11 is 1.17. The number of sulfonamides is 1. The first-order chi connectivity index (χ1) is 11.1. The topological polar surface area (TPSA) is 78.4 Å². The Kier molecular flexibility index (Phi) is 4.79. The summed E-state index contributed by atoms with van der Waals surface area (Å²) in [4.78, 5) is 4.55. The van der Waals surface area contributed by atoms with E-state index in [2.05, 4.69) is 31.6 Å². The monoisotopic (exact) mass is 353 g/mol. The maximum absolute atomic E-state index is 12.1. The predicted molar refractivity (Wildman–Crippen MR) is 91.5 cm³/mol. The van der Waals surface area contributed by atoms with E-state index >= 15 is 0 Å². The number of thiophene rings is 1. The molecule has 0 amide bonds. The number of hydrogen-bond acceptors (Lipinski definition) is 7. The lowest BCUT2D eigenvalue weighted by Crippen LogP contribution is -2.46. The van der Waals surface area contributed by atoms with Crippen LogP contribution in [0.4, 0.5) is 11.6 Å². The number of hydrogen-bond donors (Lipinski definition) is 1. The maximum atomic E-state index is 12.1. The lowest BCUT2D eigenvalue weighted by atomic mass is 10.3. The SMILES string of the molecule is CCN1CCN(c2ccc(NS(=O)(=O)c3cccs3)nn2)CC1. The van der Waals surface area contributed by atoms with Crippen molar-refractivity contribution in [1.29, 1.82) is 0 Å². The van der Waals surface area contributed by atoms with Gasteiger partial charge in [0, 0.05) is 26.2 Å². The summed E-state index contributed by atoms with van der Waals surface area (Å²) in [5.41, 5.74) is 0. The van der Waals surface area contributed by atoms with Crippen molar-refractivity contribution in [2.75, 3.05) is 42.3 Å². The highest BCUT2D eigenvalue weighted by molar-refractivity contribution is 7.94. The summed E-state index contributed by atoms with van der Waals surface area (Å²) in [5, 5.41) is 9.87. The van der Waals surface area contributed by atoms with E-state index in [1.54, 1.807) is 29.6 Å². The molecule has 7 nitrogen and oxygen atoms in total. The predicted octanol–water partition coefficient (Wildman–Crippen LogP) is 1.48. The third kappa shape index (κ3) is 3.80. The van der Waals surface area contributed by atoms with Gasteiger partial charge in [-0.1, -0.05) is 13.0 Å². The fourth-order valence-corrected chi connectivity index (χ4v) is 4.44. The molecule has 3 heterocycles. The molecule has 9 heteroatoms. The van der Waals surface area contributed by atoms with Gasteiger partial charge in [-0.15, -0.1) is 21.5 Å². The zero-order valence-corrected chi connectivity index (χ0v) is 14.5. The fourth-order valence-electron chi connectivity index (χ4n) is 2.45. The van der Waals surface area contributed by atoms with Crippen molar-refractivity contribution >= 4 is 33.0 Å². The Morgan fingerprint density at radius 2 is 1.96 bits per heavy atom. The minimum Gasteiger partial charge on any atom is -0.353 e. The molecule has 2 aromatic rings. The van der Waals surface area contributed by atoms with Crippen LogP contribution < -0.4 is 9.62 Å². The highest BCUT2D eigenvalue weighted by atomic mass is 32.2. The number of anilines is 2. The summed E-state index contributed by atoms with van der Waals surface area (Å²) in [6.45, 7) is 7.04. The van der Waals surface area contributed by atoms with Gasteiger partial charge in [-0.3, -0.25) is 4.72 Å². The molecule has 1 saturated heterocycles. The van der Waals surface area contributed by atoms with Gasteiger partial charge in [0.2, 0.25) is 0 Å². The minimum absolute atomic E-state index is 0.231.